The summed E-state index contributed by atoms with van der Waals surface area (Å²) in [6, 6.07) is 9.50. The lowest BCUT2D eigenvalue weighted by Gasteiger charge is -2.36. The molecule has 0 unspecified atom stereocenters. The van der Waals surface area contributed by atoms with Gasteiger partial charge in [-0.15, -0.1) is 5.10 Å². The normalized spacial score (nSPS) is 20.2. The summed E-state index contributed by atoms with van der Waals surface area (Å²) in [5.41, 5.74) is 7.35. The van der Waals surface area contributed by atoms with Gasteiger partial charge in [-0.2, -0.15) is 14.6 Å². The summed E-state index contributed by atoms with van der Waals surface area (Å²) >= 11 is 0. The number of hydrogen-bond acceptors (Lipinski definition) is 10. The van der Waals surface area contributed by atoms with Crippen LogP contribution in [-0.2, 0) is 11.3 Å². The zero-order valence-electron chi connectivity index (χ0n) is 29.5. The van der Waals surface area contributed by atoms with E-state index in [9.17, 15) is 0 Å². The number of methoxy groups -OCH3 is 1. The van der Waals surface area contributed by atoms with E-state index in [1.54, 1.807) is 29.2 Å². The number of aryl methyl sites for hydroxylation is 1. The Morgan fingerprint density at radius 2 is 1.97 bits per heavy atom. The first-order valence-electron chi connectivity index (χ1n) is 16.4. The zero-order valence-corrected chi connectivity index (χ0v) is 19.5. The maximum absolute atomic E-state index is 8.86. The van der Waals surface area contributed by atoms with Crippen LogP contribution >= 0.6 is 0 Å². The Bertz CT molecular complexity index is 1880. The summed E-state index contributed by atoms with van der Waals surface area (Å²) in [5.74, 6) is 0.609. The van der Waals surface area contributed by atoms with Crippen molar-refractivity contribution in [2.45, 2.75) is 6.54 Å². The van der Waals surface area contributed by atoms with E-state index in [0.717, 1.165) is 5.69 Å². The van der Waals surface area contributed by atoms with Gasteiger partial charge in [-0.05, 0) is 36.4 Å². The Morgan fingerprint density at radius 1 is 1.11 bits per heavy atom. The first-order chi connectivity index (χ1) is 21.9. The van der Waals surface area contributed by atoms with Crippen molar-refractivity contribution in [3.05, 3.63) is 48.8 Å². The number of nitrogens with two attached hydrogens (primary N) is 1. The molecule has 0 saturated carbocycles. The van der Waals surface area contributed by atoms with Gasteiger partial charge in [0.05, 0.1) is 41.9 Å². The predicted molar refractivity (Wildman–Crippen MR) is 139 cm³/mol. The fraction of sp³-hybridized carbons (Fsp3) is 0.360. The van der Waals surface area contributed by atoms with Gasteiger partial charge in [-0.3, -0.25) is 4.90 Å². The van der Waals surface area contributed by atoms with Crippen molar-refractivity contribution >= 4 is 28.3 Å². The number of furan rings is 1. The summed E-state index contributed by atoms with van der Waals surface area (Å²) in [4.78, 5) is 12.5. The highest BCUT2D eigenvalue weighted by Gasteiger charge is 2.20. The van der Waals surface area contributed by atoms with Crippen molar-refractivity contribution < 1.29 is 27.6 Å². The first-order valence-corrected chi connectivity index (χ1v) is 11.4. The number of piperazine rings is 1. The zero-order chi connectivity index (χ0) is 33.9. The average Bonchev–Trinajstić information content (AvgIpc) is 3.72. The Labute approximate surface area is 227 Å². The molecule has 1 aliphatic heterocycles. The average molecular weight is 514 g/mol. The molecule has 6 rings (SSSR count). The van der Waals surface area contributed by atoms with Crippen LogP contribution in [0.4, 0.5) is 11.6 Å². The molecule has 192 valence electrons. The first kappa shape index (κ1) is 14.5. The van der Waals surface area contributed by atoms with Crippen LogP contribution in [0.3, 0.4) is 0 Å². The number of anilines is 2. The molecule has 0 amide bonds. The summed E-state index contributed by atoms with van der Waals surface area (Å²) < 4.78 is 96.0. The lowest BCUT2D eigenvalue weighted by molar-refractivity contribution is 0.146. The Hall–Kier alpha value is -4.16. The molecule has 12 heteroatoms. The van der Waals surface area contributed by atoms with Crippen molar-refractivity contribution in [3.63, 3.8) is 0 Å². The number of hydrogen-bond donors (Lipinski definition) is 1. The molecule has 5 aromatic rings. The lowest BCUT2D eigenvalue weighted by Crippen LogP contribution is -2.47. The third kappa shape index (κ3) is 4.68. The van der Waals surface area contributed by atoms with Crippen LogP contribution in [0.1, 0.15) is 13.7 Å². The van der Waals surface area contributed by atoms with Crippen molar-refractivity contribution in [1.82, 2.24) is 34.3 Å². The van der Waals surface area contributed by atoms with Gasteiger partial charge in [-0.25, -0.2) is 9.67 Å². The summed E-state index contributed by atoms with van der Waals surface area (Å²) in [5, 5.41) is 8.85. The van der Waals surface area contributed by atoms with Gasteiger partial charge >= 0.3 is 0 Å². The van der Waals surface area contributed by atoms with E-state index >= 15 is 0 Å². The number of nitrogens with zero attached hydrogens (tertiary/aromatic N) is 8. The highest BCUT2D eigenvalue weighted by Crippen LogP contribution is 2.24. The summed E-state index contributed by atoms with van der Waals surface area (Å²) in [6.45, 7) is -6.92. The van der Waals surface area contributed by atoms with E-state index in [1.165, 1.54) is 27.6 Å². The Balaban J connectivity index is 1.12. The van der Waals surface area contributed by atoms with Gasteiger partial charge in [0.15, 0.2) is 17.1 Å². The number of fused-ring (bicyclic) bond motifs is 3. The number of aromatic nitrogens is 6. The van der Waals surface area contributed by atoms with Gasteiger partial charge in [0.2, 0.25) is 11.8 Å². The van der Waals surface area contributed by atoms with Crippen LogP contribution in [0.25, 0.3) is 28.3 Å². The summed E-state index contributed by atoms with van der Waals surface area (Å²) in [6.07, 6.45) is 1.33. The molecule has 0 aliphatic carbocycles. The second-order valence-electron chi connectivity index (χ2n) is 8.12. The van der Waals surface area contributed by atoms with E-state index < -0.39 is 26.7 Å². The minimum absolute atomic E-state index is 0.0108. The SMILES string of the molecule is [2H]c1nn(CC([2H])([2H])N2CCN(c3ccc(OC([2H])([2H])C([2H])([2H])OC([2H])([2H])[2H])cc3)CC2)c2nc(N)n3nc(-c4ccco4)nc3c12. The van der Waals surface area contributed by atoms with Crippen LogP contribution < -0.4 is 15.4 Å². The van der Waals surface area contributed by atoms with Gasteiger partial charge < -0.3 is 24.5 Å². The lowest BCUT2D eigenvalue weighted by atomic mass is 10.2. The van der Waals surface area contributed by atoms with Crippen molar-refractivity contribution in [1.29, 1.82) is 0 Å². The molecule has 0 radical (unpaired) electrons. The molecule has 1 aliphatic rings. The maximum atomic E-state index is 8.86. The third-order valence-corrected chi connectivity index (χ3v) is 5.95. The molecule has 1 fully saturated rings. The maximum Gasteiger partial charge on any atom is 0.225 e. The van der Waals surface area contributed by atoms with Crippen molar-refractivity contribution in [2.75, 3.05) is 63.5 Å². The van der Waals surface area contributed by atoms with Crippen molar-refractivity contribution in [2.24, 2.45) is 0 Å². The van der Waals surface area contributed by atoms with E-state index in [0.29, 0.717) is 31.9 Å². The second-order valence-corrected chi connectivity index (χ2v) is 8.12. The Morgan fingerprint density at radius 3 is 2.76 bits per heavy atom. The molecule has 1 saturated heterocycles. The molecular formula is C25H29N9O3. The smallest absolute Gasteiger partial charge is 0.225 e. The van der Waals surface area contributed by atoms with E-state index in [1.807, 2.05) is 4.90 Å². The molecule has 0 atom stereocenters. The molecule has 2 N–H and O–H groups in total. The number of benzene rings is 1. The predicted octanol–water partition coefficient (Wildman–Crippen LogP) is 2.16. The molecule has 0 bridgehead atoms. The molecule has 12 nitrogen and oxygen atoms in total. The molecule has 0 spiro atoms. The van der Waals surface area contributed by atoms with Gasteiger partial charge in [0.25, 0.3) is 0 Å². The van der Waals surface area contributed by atoms with E-state index in [2.05, 4.69) is 24.9 Å². The topological polar surface area (TPSA) is 125 Å². The third-order valence-electron chi connectivity index (χ3n) is 5.95. The molecule has 5 heterocycles. The second kappa shape index (κ2) is 10.1. The number of ether oxygens (including phenoxy) is 2. The largest absolute Gasteiger partial charge is 0.491 e. The molecule has 4 aromatic heterocycles. The quantitative estimate of drug-likeness (QED) is 0.313. The van der Waals surface area contributed by atoms with Crippen LogP contribution in [0, 0.1) is 0 Å². The highest BCUT2D eigenvalue weighted by molar-refractivity contribution is 5.90. The molecule has 1 aromatic carbocycles. The minimum Gasteiger partial charge on any atom is -0.491 e. The van der Waals surface area contributed by atoms with Crippen LogP contribution in [-0.4, -0.2) is 87.1 Å². The number of rotatable bonds is 9. The van der Waals surface area contributed by atoms with Gasteiger partial charge in [0, 0.05) is 48.1 Å². The monoisotopic (exact) mass is 513 g/mol. The number of nitrogen functional groups attached to an aromatic ring is 1. The van der Waals surface area contributed by atoms with Gasteiger partial charge in [-0.1, -0.05) is 0 Å². The minimum atomic E-state index is -3.26. The van der Waals surface area contributed by atoms with Crippen molar-refractivity contribution in [3.8, 4) is 17.3 Å². The molecule has 37 heavy (non-hydrogen) atoms. The molecular weight excluding hydrogens is 474 g/mol. The fourth-order valence-electron chi connectivity index (χ4n) is 4.13. The van der Waals surface area contributed by atoms with Crippen LogP contribution in [0.5, 0.6) is 5.75 Å². The Kier molecular flexibility index (Phi) is 3.96. The highest BCUT2D eigenvalue weighted by atomic mass is 16.5. The van der Waals surface area contributed by atoms with Crippen LogP contribution in [0.2, 0.25) is 0 Å². The summed E-state index contributed by atoms with van der Waals surface area (Å²) in [7, 11) is -3.17. The van der Waals surface area contributed by atoms with E-state index in [-0.39, 0.29) is 46.9 Å². The van der Waals surface area contributed by atoms with Crippen LogP contribution in [0.15, 0.2) is 53.3 Å². The van der Waals surface area contributed by atoms with Gasteiger partial charge in [0.1, 0.15) is 12.3 Å². The van der Waals surface area contributed by atoms with E-state index in [4.69, 9.17) is 28.6 Å². The fourth-order valence-corrected chi connectivity index (χ4v) is 4.13. The standard InChI is InChI=1S/C25H29N9O3/c1-35-15-16-36-19-6-4-18(5-7-19)32-11-8-31(9-12-32)10-13-33-23-20(17-27-33)24-28-22(21-3-2-14-37-21)30-34(24)25(26)29-23/h2-7,14,17H,8-13,15-16H2,1H3,(H2,26,29)/i1D3,10D2,15D2,16D2,17D.